The van der Waals surface area contributed by atoms with Gasteiger partial charge in [-0.1, -0.05) is 6.92 Å². The second-order valence-corrected chi connectivity index (χ2v) is 7.51. The maximum absolute atomic E-state index is 12.6. The summed E-state index contributed by atoms with van der Waals surface area (Å²) in [5.41, 5.74) is 0. The summed E-state index contributed by atoms with van der Waals surface area (Å²) in [6.45, 7) is 4.02. The molecule has 1 unspecified atom stereocenters. The second kappa shape index (κ2) is 6.72. The topological polar surface area (TPSA) is 65.5 Å². The predicted molar refractivity (Wildman–Crippen MR) is 83.9 cm³/mol. The van der Waals surface area contributed by atoms with E-state index in [0.717, 1.165) is 19.4 Å². The molecule has 1 N–H and O–H groups in total. The minimum atomic E-state index is -3.43. The first-order valence-corrected chi connectivity index (χ1v) is 8.75. The Bertz CT molecular complexity index is 557. The van der Waals surface area contributed by atoms with Gasteiger partial charge in [0.1, 0.15) is 10.7 Å². The summed E-state index contributed by atoms with van der Waals surface area (Å²) in [6.07, 6.45) is 3.31. The molecule has 21 heavy (non-hydrogen) atoms. The highest BCUT2D eigenvalue weighted by Gasteiger charge is 2.33. The van der Waals surface area contributed by atoms with Gasteiger partial charge in [0.25, 0.3) is 0 Å². The van der Waals surface area contributed by atoms with Gasteiger partial charge < -0.3 is 10.2 Å². The second-order valence-electron chi connectivity index (χ2n) is 5.58. The number of sulfonamides is 1. The van der Waals surface area contributed by atoms with Crippen LogP contribution in [-0.2, 0) is 10.0 Å². The van der Waals surface area contributed by atoms with Crippen LogP contribution >= 0.6 is 0 Å². The van der Waals surface area contributed by atoms with Gasteiger partial charge in [-0.15, -0.1) is 0 Å². The molecule has 118 valence electrons. The third-order valence-electron chi connectivity index (χ3n) is 3.79. The van der Waals surface area contributed by atoms with Crippen molar-refractivity contribution >= 4 is 15.8 Å². The highest BCUT2D eigenvalue weighted by Crippen LogP contribution is 2.22. The van der Waals surface area contributed by atoms with Crippen LogP contribution in [0.2, 0.25) is 0 Å². The van der Waals surface area contributed by atoms with Crippen LogP contribution < -0.4 is 5.32 Å². The van der Waals surface area contributed by atoms with Crippen LogP contribution in [0.15, 0.2) is 23.2 Å². The van der Waals surface area contributed by atoms with Gasteiger partial charge >= 0.3 is 0 Å². The summed E-state index contributed by atoms with van der Waals surface area (Å²) in [5, 5.41) is 3.14. The zero-order valence-electron chi connectivity index (χ0n) is 12.9. The minimum Gasteiger partial charge on any atom is -0.370 e. The monoisotopic (exact) mass is 312 g/mol. The van der Waals surface area contributed by atoms with Gasteiger partial charge in [-0.25, -0.2) is 13.4 Å². The average Bonchev–Trinajstić information content (AvgIpc) is 2.96. The molecule has 2 heterocycles. The molecule has 1 aliphatic heterocycles. The molecule has 0 radical (unpaired) electrons. The number of nitrogens with zero attached hydrogens (tertiary/aromatic N) is 3. The van der Waals surface area contributed by atoms with Gasteiger partial charge in [-0.3, -0.25) is 0 Å². The normalized spacial score (nSPS) is 20.1. The fourth-order valence-electron chi connectivity index (χ4n) is 2.39. The van der Waals surface area contributed by atoms with E-state index in [0.29, 0.717) is 24.9 Å². The van der Waals surface area contributed by atoms with Crippen LogP contribution in [0.5, 0.6) is 0 Å². The number of hydrogen-bond donors (Lipinski definition) is 1. The number of anilines is 1. The molecule has 0 bridgehead atoms. The SMILES string of the molecule is CCCNc1ccc(S(=O)(=O)N2CCC(N(C)C)C2)cn1. The molecule has 0 saturated carbocycles. The molecule has 0 aliphatic carbocycles. The standard InChI is InChI=1S/C14H24N4O2S/c1-4-8-15-14-6-5-13(10-16-14)21(19,20)18-9-7-12(11-18)17(2)3/h5-6,10,12H,4,7-9,11H2,1-3H3,(H,15,16). The lowest BCUT2D eigenvalue weighted by atomic mass is 10.2. The number of aromatic nitrogens is 1. The van der Waals surface area contributed by atoms with Gasteiger partial charge in [-0.2, -0.15) is 4.31 Å². The van der Waals surface area contributed by atoms with E-state index in [1.54, 1.807) is 16.4 Å². The van der Waals surface area contributed by atoms with Crippen molar-refractivity contribution in [2.45, 2.75) is 30.7 Å². The quantitative estimate of drug-likeness (QED) is 0.856. The van der Waals surface area contributed by atoms with E-state index in [2.05, 4.69) is 22.1 Å². The van der Waals surface area contributed by atoms with Crippen molar-refractivity contribution < 1.29 is 8.42 Å². The molecular weight excluding hydrogens is 288 g/mol. The first kappa shape index (κ1) is 16.2. The van der Waals surface area contributed by atoms with Crippen LogP contribution in [0.3, 0.4) is 0 Å². The molecule has 6 nitrogen and oxygen atoms in total. The number of nitrogens with one attached hydrogen (secondary N) is 1. The fraction of sp³-hybridized carbons (Fsp3) is 0.643. The maximum Gasteiger partial charge on any atom is 0.244 e. The van der Waals surface area contributed by atoms with E-state index in [1.165, 1.54) is 6.20 Å². The summed E-state index contributed by atoms with van der Waals surface area (Å²) in [7, 11) is 0.539. The van der Waals surface area contributed by atoms with Crippen molar-refractivity contribution in [3.05, 3.63) is 18.3 Å². The van der Waals surface area contributed by atoms with Crippen molar-refractivity contribution in [3.63, 3.8) is 0 Å². The Morgan fingerprint density at radius 1 is 1.43 bits per heavy atom. The van der Waals surface area contributed by atoms with Crippen molar-refractivity contribution in [2.24, 2.45) is 0 Å². The van der Waals surface area contributed by atoms with Crippen molar-refractivity contribution in [2.75, 3.05) is 39.0 Å². The molecule has 1 aliphatic rings. The van der Waals surface area contributed by atoms with Crippen LogP contribution in [0, 0.1) is 0 Å². The summed E-state index contributed by atoms with van der Waals surface area (Å²) >= 11 is 0. The van der Waals surface area contributed by atoms with E-state index >= 15 is 0 Å². The van der Waals surface area contributed by atoms with Crippen LogP contribution in [0.1, 0.15) is 19.8 Å². The Morgan fingerprint density at radius 2 is 2.19 bits per heavy atom. The molecule has 1 fully saturated rings. The molecule has 0 spiro atoms. The van der Waals surface area contributed by atoms with E-state index in [4.69, 9.17) is 0 Å². The lowest BCUT2D eigenvalue weighted by Crippen LogP contribution is -2.34. The third-order valence-corrected chi connectivity index (χ3v) is 5.64. The summed E-state index contributed by atoms with van der Waals surface area (Å²) in [5.74, 6) is 0.711. The van der Waals surface area contributed by atoms with Crippen LogP contribution in [-0.4, -0.2) is 62.4 Å². The van der Waals surface area contributed by atoms with Gasteiger partial charge in [0.2, 0.25) is 10.0 Å². The average molecular weight is 312 g/mol. The van der Waals surface area contributed by atoms with Crippen molar-refractivity contribution in [1.82, 2.24) is 14.2 Å². The fourth-order valence-corrected chi connectivity index (χ4v) is 3.83. The molecule has 1 aromatic rings. The minimum absolute atomic E-state index is 0.268. The molecule has 1 aromatic heterocycles. The Hall–Kier alpha value is -1.18. The molecular formula is C14H24N4O2S. The number of likely N-dealkylation sites (N-methyl/N-ethyl adjacent to an activating group) is 1. The first-order chi connectivity index (χ1) is 9.95. The first-order valence-electron chi connectivity index (χ1n) is 7.31. The van der Waals surface area contributed by atoms with Gasteiger partial charge in [0.05, 0.1) is 0 Å². The predicted octanol–water partition coefficient (Wildman–Crippen LogP) is 1.23. The van der Waals surface area contributed by atoms with Gasteiger partial charge in [-0.05, 0) is 39.1 Å². The van der Waals surface area contributed by atoms with E-state index in [1.807, 2.05) is 14.1 Å². The maximum atomic E-state index is 12.6. The summed E-state index contributed by atoms with van der Waals surface area (Å²) in [4.78, 5) is 6.52. The van der Waals surface area contributed by atoms with Gasteiger partial charge in [0.15, 0.2) is 0 Å². The van der Waals surface area contributed by atoms with Crippen LogP contribution in [0.25, 0.3) is 0 Å². The largest absolute Gasteiger partial charge is 0.370 e. The Balaban J connectivity index is 2.09. The van der Waals surface area contributed by atoms with Crippen LogP contribution in [0.4, 0.5) is 5.82 Å². The lowest BCUT2D eigenvalue weighted by molar-refractivity contribution is 0.302. The molecule has 2 rings (SSSR count). The molecule has 7 heteroatoms. The van der Waals surface area contributed by atoms with E-state index < -0.39 is 10.0 Å². The smallest absolute Gasteiger partial charge is 0.244 e. The summed E-state index contributed by atoms with van der Waals surface area (Å²) < 4.78 is 26.7. The summed E-state index contributed by atoms with van der Waals surface area (Å²) in [6, 6.07) is 3.64. The molecule has 0 aromatic carbocycles. The Morgan fingerprint density at radius 3 is 2.71 bits per heavy atom. The molecule has 1 atom stereocenters. The zero-order chi connectivity index (χ0) is 15.5. The highest BCUT2D eigenvalue weighted by atomic mass is 32.2. The number of pyridine rings is 1. The molecule has 0 amide bonds. The highest BCUT2D eigenvalue weighted by molar-refractivity contribution is 7.89. The van der Waals surface area contributed by atoms with E-state index in [-0.39, 0.29) is 4.90 Å². The van der Waals surface area contributed by atoms with Crippen molar-refractivity contribution in [1.29, 1.82) is 0 Å². The Labute approximate surface area is 127 Å². The van der Waals surface area contributed by atoms with Crippen molar-refractivity contribution in [3.8, 4) is 0 Å². The third kappa shape index (κ3) is 3.72. The zero-order valence-corrected chi connectivity index (χ0v) is 13.7. The van der Waals surface area contributed by atoms with Gasteiger partial charge in [0, 0.05) is 31.9 Å². The number of hydrogen-bond acceptors (Lipinski definition) is 5. The Kier molecular flexibility index (Phi) is 5.18. The number of rotatable bonds is 6. The molecule has 1 saturated heterocycles. The lowest BCUT2D eigenvalue weighted by Gasteiger charge is -2.20. The van der Waals surface area contributed by atoms with E-state index in [9.17, 15) is 8.42 Å².